The highest BCUT2D eigenvalue weighted by atomic mass is 32.2. The molecule has 6 heteroatoms. The van der Waals surface area contributed by atoms with Crippen molar-refractivity contribution >= 4 is 29.4 Å². The third-order valence-corrected chi connectivity index (χ3v) is 5.40. The highest BCUT2D eigenvalue weighted by Gasteiger charge is 2.26. The minimum Gasteiger partial charge on any atom is -0.446 e. The van der Waals surface area contributed by atoms with Gasteiger partial charge in [-0.1, -0.05) is 30.3 Å². The van der Waals surface area contributed by atoms with Crippen molar-refractivity contribution in [2.75, 3.05) is 11.6 Å². The van der Waals surface area contributed by atoms with E-state index >= 15 is 0 Å². The normalized spacial score (nSPS) is 19.1. The predicted molar refractivity (Wildman–Crippen MR) is 108 cm³/mol. The van der Waals surface area contributed by atoms with Gasteiger partial charge in [-0.05, 0) is 49.8 Å². The summed E-state index contributed by atoms with van der Waals surface area (Å²) in [6, 6.07) is 16.8. The van der Waals surface area contributed by atoms with Gasteiger partial charge in [0, 0.05) is 23.0 Å². The molecular formula is C21H24N2O3S. The van der Waals surface area contributed by atoms with E-state index in [1.54, 1.807) is 11.8 Å². The summed E-state index contributed by atoms with van der Waals surface area (Å²) in [5.74, 6) is -0.0701. The Morgan fingerprint density at radius 1 is 1.04 bits per heavy atom. The molecule has 1 aliphatic rings. The quantitative estimate of drug-likeness (QED) is 0.734. The topological polar surface area (TPSA) is 67.4 Å². The van der Waals surface area contributed by atoms with Crippen LogP contribution < -0.4 is 10.6 Å². The molecule has 2 aromatic rings. The van der Waals surface area contributed by atoms with Gasteiger partial charge in [-0.3, -0.25) is 10.1 Å². The SMILES string of the molecule is CSc1ccccc1C(=O)N[C@@H]1CCC[C@@H](OC(=O)Nc2ccccc2)C1. The molecule has 2 atom stereocenters. The molecule has 0 aromatic heterocycles. The van der Waals surface area contributed by atoms with Crippen LogP contribution in [0.15, 0.2) is 59.5 Å². The standard InChI is InChI=1S/C21H24N2O3S/c1-27-19-13-6-5-12-18(19)20(24)22-16-10-7-11-17(14-16)26-21(25)23-15-8-3-2-4-9-15/h2-6,8-9,12-13,16-17H,7,10-11,14H2,1H3,(H,22,24)(H,23,25)/t16-,17-/m1/s1. The van der Waals surface area contributed by atoms with Gasteiger partial charge in [-0.25, -0.2) is 4.79 Å². The van der Waals surface area contributed by atoms with E-state index in [1.807, 2.05) is 60.9 Å². The molecule has 5 nitrogen and oxygen atoms in total. The first-order valence-corrected chi connectivity index (χ1v) is 10.3. The van der Waals surface area contributed by atoms with Gasteiger partial charge in [-0.2, -0.15) is 0 Å². The van der Waals surface area contributed by atoms with E-state index < -0.39 is 6.09 Å². The summed E-state index contributed by atoms with van der Waals surface area (Å²) in [6.45, 7) is 0. The Morgan fingerprint density at radius 3 is 2.56 bits per heavy atom. The average molecular weight is 385 g/mol. The highest BCUT2D eigenvalue weighted by molar-refractivity contribution is 7.98. The van der Waals surface area contributed by atoms with Crippen LogP contribution in [0, 0.1) is 0 Å². The van der Waals surface area contributed by atoms with Gasteiger partial charge in [0.15, 0.2) is 0 Å². The van der Waals surface area contributed by atoms with Gasteiger partial charge >= 0.3 is 6.09 Å². The number of benzene rings is 2. The van der Waals surface area contributed by atoms with Crippen molar-refractivity contribution < 1.29 is 14.3 Å². The van der Waals surface area contributed by atoms with Gasteiger partial charge in [-0.15, -0.1) is 11.8 Å². The summed E-state index contributed by atoms with van der Waals surface area (Å²) in [7, 11) is 0. The number of thioether (sulfide) groups is 1. The number of anilines is 1. The van der Waals surface area contributed by atoms with Crippen LogP contribution in [0.25, 0.3) is 0 Å². The van der Waals surface area contributed by atoms with Crippen molar-refractivity contribution in [3.63, 3.8) is 0 Å². The minimum atomic E-state index is -0.453. The molecule has 142 valence electrons. The van der Waals surface area contributed by atoms with E-state index in [4.69, 9.17) is 4.74 Å². The lowest BCUT2D eigenvalue weighted by molar-refractivity contribution is 0.0711. The molecule has 1 saturated carbocycles. The number of carbonyl (C=O) groups is 2. The maximum absolute atomic E-state index is 12.6. The Morgan fingerprint density at radius 2 is 1.78 bits per heavy atom. The lowest BCUT2D eigenvalue weighted by Gasteiger charge is -2.29. The summed E-state index contributed by atoms with van der Waals surface area (Å²) in [6.07, 6.45) is 4.58. The second-order valence-corrected chi connectivity index (χ2v) is 7.40. The molecule has 0 unspecified atom stereocenters. The van der Waals surface area contributed by atoms with Crippen molar-refractivity contribution in [2.24, 2.45) is 0 Å². The van der Waals surface area contributed by atoms with Crippen molar-refractivity contribution in [3.05, 3.63) is 60.2 Å². The maximum atomic E-state index is 12.6. The number of hydrogen-bond donors (Lipinski definition) is 2. The van der Waals surface area contributed by atoms with Crippen LogP contribution in [0.4, 0.5) is 10.5 Å². The van der Waals surface area contributed by atoms with Crippen molar-refractivity contribution in [1.82, 2.24) is 5.32 Å². The fraction of sp³-hybridized carbons (Fsp3) is 0.333. The summed E-state index contributed by atoms with van der Waals surface area (Å²) in [5.41, 5.74) is 1.40. The molecule has 2 N–H and O–H groups in total. The zero-order chi connectivity index (χ0) is 19.1. The molecular weight excluding hydrogens is 360 g/mol. The molecule has 1 fully saturated rings. The molecule has 2 aromatic carbocycles. The number of ether oxygens (including phenoxy) is 1. The van der Waals surface area contributed by atoms with Crippen LogP contribution >= 0.6 is 11.8 Å². The van der Waals surface area contributed by atoms with Gasteiger partial charge in [0.1, 0.15) is 6.10 Å². The molecule has 0 heterocycles. The first-order chi connectivity index (χ1) is 13.2. The fourth-order valence-corrected chi connectivity index (χ4v) is 3.89. The lowest BCUT2D eigenvalue weighted by Crippen LogP contribution is -2.41. The molecule has 1 aliphatic carbocycles. The number of rotatable bonds is 5. The van der Waals surface area contributed by atoms with E-state index in [2.05, 4.69) is 10.6 Å². The van der Waals surface area contributed by atoms with Gasteiger partial charge in [0.25, 0.3) is 5.91 Å². The Kier molecular flexibility index (Phi) is 6.76. The third-order valence-electron chi connectivity index (χ3n) is 4.61. The van der Waals surface area contributed by atoms with E-state index in [9.17, 15) is 9.59 Å². The van der Waals surface area contributed by atoms with E-state index in [0.717, 1.165) is 24.2 Å². The van der Waals surface area contributed by atoms with Gasteiger partial charge in [0.2, 0.25) is 0 Å². The van der Waals surface area contributed by atoms with E-state index in [-0.39, 0.29) is 18.1 Å². The minimum absolute atomic E-state index is 0.00990. The van der Waals surface area contributed by atoms with Crippen molar-refractivity contribution in [3.8, 4) is 0 Å². The van der Waals surface area contributed by atoms with Crippen LogP contribution in [0.2, 0.25) is 0 Å². The summed E-state index contributed by atoms with van der Waals surface area (Å²) >= 11 is 1.56. The van der Waals surface area contributed by atoms with Crippen molar-refractivity contribution in [2.45, 2.75) is 42.7 Å². The van der Waals surface area contributed by atoms with Crippen LogP contribution in [-0.2, 0) is 4.74 Å². The Hall–Kier alpha value is -2.47. The van der Waals surface area contributed by atoms with Crippen LogP contribution in [0.1, 0.15) is 36.0 Å². The zero-order valence-corrected chi connectivity index (χ0v) is 16.1. The monoisotopic (exact) mass is 384 g/mol. The first kappa shape index (κ1) is 19.3. The first-order valence-electron chi connectivity index (χ1n) is 9.12. The molecule has 0 spiro atoms. The molecule has 3 rings (SSSR count). The smallest absolute Gasteiger partial charge is 0.411 e. The van der Waals surface area contributed by atoms with Gasteiger partial charge in [0.05, 0.1) is 5.56 Å². The zero-order valence-electron chi connectivity index (χ0n) is 15.3. The third kappa shape index (κ3) is 5.50. The molecule has 27 heavy (non-hydrogen) atoms. The number of amides is 2. The molecule has 0 bridgehead atoms. The Bertz CT molecular complexity index is 782. The summed E-state index contributed by atoms with van der Waals surface area (Å²) in [5, 5.41) is 5.83. The molecule has 0 saturated heterocycles. The van der Waals surface area contributed by atoms with Crippen LogP contribution in [0.3, 0.4) is 0 Å². The highest BCUT2D eigenvalue weighted by Crippen LogP contribution is 2.24. The summed E-state index contributed by atoms with van der Waals surface area (Å²) < 4.78 is 5.55. The summed E-state index contributed by atoms with van der Waals surface area (Å²) in [4.78, 5) is 25.7. The maximum Gasteiger partial charge on any atom is 0.411 e. The van der Waals surface area contributed by atoms with E-state index in [0.29, 0.717) is 17.7 Å². The number of hydrogen-bond acceptors (Lipinski definition) is 4. The fourth-order valence-electron chi connectivity index (χ4n) is 3.30. The van der Waals surface area contributed by atoms with Crippen LogP contribution in [0.5, 0.6) is 0 Å². The second kappa shape index (κ2) is 9.46. The largest absolute Gasteiger partial charge is 0.446 e. The Balaban J connectivity index is 1.53. The van der Waals surface area contributed by atoms with E-state index in [1.165, 1.54) is 0 Å². The molecule has 0 radical (unpaired) electrons. The predicted octanol–water partition coefficient (Wildman–Crippen LogP) is 4.70. The molecule has 2 amide bonds. The number of para-hydroxylation sites is 1. The average Bonchev–Trinajstić information content (AvgIpc) is 2.69. The Labute approximate surface area is 163 Å². The number of carbonyl (C=O) groups excluding carboxylic acids is 2. The number of nitrogens with one attached hydrogen (secondary N) is 2. The van der Waals surface area contributed by atoms with Crippen LogP contribution in [-0.4, -0.2) is 30.4 Å². The van der Waals surface area contributed by atoms with Crippen molar-refractivity contribution in [1.29, 1.82) is 0 Å². The lowest BCUT2D eigenvalue weighted by atomic mass is 9.92. The van der Waals surface area contributed by atoms with Gasteiger partial charge < -0.3 is 10.1 Å². The molecule has 0 aliphatic heterocycles. The second-order valence-electron chi connectivity index (χ2n) is 6.56.